The Kier molecular flexibility index (Phi) is 55.0. The zero-order valence-electron chi connectivity index (χ0n) is 46.4. The lowest BCUT2D eigenvalue weighted by molar-refractivity contribution is -0.148. The monoisotopic (exact) mass is 978 g/mol. The van der Waals surface area contributed by atoms with Gasteiger partial charge in [-0.2, -0.15) is 0 Å². The molecule has 0 aromatic rings. The molecule has 3 unspecified atom stereocenters. The zero-order chi connectivity index (χ0) is 50.9. The van der Waals surface area contributed by atoms with Gasteiger partial charge in [0.2, 0.25) is 5.91 Å². The summed E-state index contributed by atoms with van der Waals surface area (Å²) in [4.78, 5) is 26.3. The number of aliphatic hydroxyl groups is 2. The molecule has 406 valence electrons. The van der Waals surface area contributed by atoms with Gasteiger partial charge in [0.1, 0.15) is 6.10 Å². The Morgan fingerprint density at radius 1 is 0.429 bits per heavy atom. The lowest BCUT2D eigenvalue weighted by atomic mass is 10.0. The van der Waals surface area contributed by atoms with Gasteiger partial charge < -0.3 is 20.3 Å². The number of aliphatic hydroxyl groups excluding tert-OH is 2. The maximum Gasteiger partial charge on any atom is 0.306 e. The molecule has 0 saturated carbocycles. The van der Waals surface area contributed by atoms with Gasteiger partial charge in [-0.15, -0.1) is 0 Å². The summed E-state index contributed by atoms with van der Waals surface area (Å²) >= 11 is 0. The summed E-state index contributed by atoms with van der Waals surface area (Å²) in [6.07, 6.45) is 74.3. The second kappa shape index (κ2) is 57.2. The van der Waals surface area contributed by atoms with Gasteiger partial charge in [0.15, 0.2) is 0 Å². The van der Waals surface area contributed by atoms with E-state index in [0.717, 1.165) is 70.6 Å². The van der Waals surface area contributed by atoms with Crippen LogP contribution < -0.4 is 5.32 Å². The van der Waals surface area contributed by atoms with Crippen LogP contribution in [0.5, 0.6) is 0 Å². The van der Waals surface area contributed by atoms with Crippen molar-refractivity contribution in [2.45, 2.75) is 315 Å². The Morgan fingerprint density at radius 2 is 0.743 bits per heavy atom. The van der Waals surface area contributed by atoms with Gasteiger partial charge in [-0.05, 0) is 57.4 Å². The van der Waals surface area contributed by atoms with Crippen LogP contribution in [0.4, 0.5) is 0 Å². The maximum atomic E-state index is 13.3. The van der Waals surface area contributed by atoms with Crippen molar-refractivity contribution in [2.75, 3.05) is 6.61 Å². The Morgan fingerprint density at radius 3 is 1.09 bits per heavy atom. The van der Waals surface area contributed by atoms with Gasteiger partial charge in [0, 0.05) is 6.42 Å². The van der Waals surface area contributed by atoms with Crippen LogP contribution in [0.25, 0.3) is 0 Å². The minimum Gasteiger partial charge on any atom is -0.458 e. The fourth-order valence-corrected chi connectivity index (χ4v) is 9.02. The second-order valence-corrected chi connectivity index (χ2v) is 20.4. The molecular weight excluding hydrogens is 863 g/mol. The van der Waals surface area contributed by atoms with Crippen LogP contribution in [0, 0.1) is 0 Å². The molecule has 0 aromatic heterocycles. The van der Waals surface area contributed by atoms with E-state index in [9.17, 15) is 19.8 Å². The van der Waals surface area contributed by atoms with Gasteiger partial charge >= 0.3 is 5.97 Å². The fourth-order valence-electron chi connectivity index (χ4n) is 9.02. The van der Waals surface area contributed by atoms with Crippen LogP contribution >= 0.6 is 0 Å². The first-order chi connectivity index (χ1) is 34.5. The smallest absolute Gasteiger partial charge is 0.306 e. The molecule has 3 atom stereocenters. The number of esters is 1. The number of unbranched alkanes of at least 4 members (excludes halogenated alkanes) is 32. The zero-order valence-corrected chi connectivity index (χ0v) is 46.4. The molecule has 0 saturated heterocycles. The second-order valence-electron chi connectivity index (χ2n) is 20.4. The van der Waals surface area contributed by atoms with Crippen LogP contribution in [-0.4, -0.2) is 46.9 Å². The van der Waals surface area contributed by atoms with Gasteiger partial charge in [0.25, 0.3) is 0 Å². The number of allylic oxidation sites excluding steroid dienone is 11. The van der Waals surface area contributed by atoms with Crippen molar-refractivity contribution in [3.05, 3.63) is 72.9 Å². The van der Waals surface area contributed by atoms with E-state index < -0.39 is 18.2 Å². The molecular formula is C64H115NO5. The van der Waals surface area contributed by atoms with Gasteiger partial charge in [-0.1, -0.05) is 299 Å². The van der Waals surface area contributed by atoms with Crippen molar-refractivity contribution in [2.24, 2.45) is 0 Å². The standard InChI is InChI=1S/C64H115NO5/c1-4-7-10-13-16-19-22-25-28-31-34-37-40-43-46-49-52-55-60(70-64(69)57-54-51-48-45-42-39-36-33-30-27-24-21-18-15-12-9-6-3)58-63(68)65-61(59-66)62(67)56-53-50-47-44-41-38-35-32-29-26-23-20-17-14-11-8-5-2/h7,10,16,19,25,28,34,37,43,46,52,55,60-62,66-67H,4-6,8-9,11-15,17-18,20-24,26-27,29-33,35-36,38-42,44-45,47-51,53-54,56-59H2,1-3H3,(H,65,68)/b10-7-,19-16-,28-25-,37-34-,46-43-,55-52-. The van der Waals surface area contributed by atoms with Crippen LogP contribution in [0.2, 0.25) is 0 Å². The molecule has 0 aliphatic rings. The van der Waals surface area contributed by atoms with Crippen molar-refractivity contribution in [1.82, 2.24) is 5.32 Å². The molecule has 0 aromatic carbocycles. The van der Waals surface area contributed by atoms with Crippen molar-refractivity contribution in [3.8, 4) is 0 Å². The van der Waals surface area contributed by atoms with Crippen LogP contribution in [-0.2, 0) is 14.3 Å². The largest absolute Gasteiger partial charge is 0.458 e. The predicted octanol–water partition coefficient (Wildman–Crippen LogP) is 18.9. The number of carbonyl (C=O) groups excluding carboxylic acids is 2. The lowest BCUT2D eigenvalue weighted by Crippen LogP contribution is -2.46. The summed E-state index contributed by atoms with van der Waals surface area (Å²) in [6, 6.07) is -0.745. The SMILES string of the molecule is CC/C=C\C/C=C\C/C=C\C/C=C\C/C=C\C/C=C\C(CC(=O)NC(CO)C(O)CCCCCCCCCCCCCCCCCCC)OC(=O)CCCCCCCCCCCCCCCCCCC. The molecule has 70 heavy (non-hydrogen) atoms. The molecule has 1 amide bonds. The molecule has 0 bridgehead atoms. The first-order valence-electron chi connectivity index (χ1n) is 30.2. The Bertz CT molecular complexity index is 1280. The molecule has 3 N–H and O–H groups in total. The number of hydrogen-bond donors (Lipinski definition) is 3. The molecule has 0 spiro atoms. The maximum absolute atomic E-state index is 13.3. The average Bonchev–Trinajstić information content (AvgIpc) is 3.35. The Hall–Kier alpha value is -2.70. The summed E-state index contributed by atoms with van der Waals surface area (Å²) in [5, 5.41) is 23.9. The number of ether oxygens (including phenoxy) is 1. The molecule has 0 rings (SSSR count). The Labute approximate surface area is 434 Å². The third-order valence-corrected chi connectivity index (χ3v) is 13.5. The molecule has 6 heteroatoms. The highest BCUT2D eigenvalue weighted by atomic mass is 16.5. The van der Waals surface area contributed by atoms with Crippen LogP contribution in [0.15, 0.2) is 72.9 Å². The van der Waals surface area contributed by atoms with Crippen molar-refractivity contribution < 1.29 is 24.5 Å². The third kappa shape index (κ3) is 51.6. The van der Waals surface area contributed by atoms with E-state index >= 15 is 0 Å². The molecule has 0 radical (unpaired) electrons. The highest BCUT2D eigenvalue weighted by molar-refractivity contribution is 5.78. The third-order valence-electron chi connectivity index (χ3n) is 13.5. The van der Waals surface area contributed by atoms with E-state index in [1.54, 1.807) is 0 Å². The Balaban J connectivity index is 4.67. The van der Waals surface area contributed by atoms with Crippen LogP contribution in [0.3, 0.4) is 0 Å². The van der Waals surface area contributed by atoms with Gasteiger partial charge in [-0.3, -0.25) is 9.59 Å². The van der Waals surface area contributed by atoms with E-state index in [1.165, 1.54) is 180 Å². The van der Waals surface area contributed by atoms with E-state index in [-0.39, 0.29) is 24.9 Å². The molecule has 0 heterocycles. The molecule has 0 aliphatic heterocycles. The average molecular weight is 979 g/mol. The van der Waals surface area contributed by atoms with Gasteiger partial charge in [0.05, 0.1) is 25.2 Å². The van der Waals surface area contributed by atoms with Crippen LogP contribution in [0.1, 0.15) is 297 Å². The summed E-state index contributed by atoms with van der Waals surface area (Å²) in [7, 11) is 0. The lowest BCUT2D eigenvalue weighted by Gasteiger charge is -2.23. The molecule has 0 aliphatic carbocycles. The first-order valence-corrected chi connectivity index (χ1v) is 30.2. The summed E-state index contributed by atoms with van der Waals surface area (Å²) in [5.41, 5.74) is 0. The number of carbonyl (C=O) groups is 2. The van der Waals surface area contributed by atoms with Gasteiger partial charge in [-0.25, -0.2) is 0 Å². The molecule has 0 fully saturated rings. The summed E-state index contributed by atoms with van der Waals surface area (Å²) < 4.78 is 5.86. The first kappa shape index (κ1) is 67.3. The minimum atomic E-state index is -0.822. The predicted molar refractivity (Wildman–Crippen MR) is 305 cm³/mol. The van der Waals surface area contributed by atoms with E-state index in [1.807, 2.05) is 12.2 Å². The highest BCUT2D eigenvalue weighted by Crippen LogP contribution is 2.18. The topological polar surface area (TPSA) is 95.9 Å². The number of amides is 1. The summed E-state index contributed by atoms with van der Waals surface area (Å²) in [6.45, 7) is 6.37. The molecule has 6 nitrogen and oxygen atoms in total. The number of nitrogens with one attached hydrogen (secondary N) is 1. The van der Waals surface area contributed by atoms with E-state index in [4.69, 9.17) is 4.74 Å². The number of hydrogen-bond acceptors (Lipinski definition) is 5. The minimum absolute atomic E-state index is 0.0463. The van der Waals surface area contributed by atoms with Crippen molar-refractivity contribution >= 4 is 11.9 Å². The number of rotatable bonds is 54. The highest BCUT2D eigenvalue weighted by Gasteiger charge is 2.23. The normalized spacial score (nSPS) is 13.6. The quantitative estimate of drug-likeness (QED) is 0.0321. The van der Waals surface area contributed by atoms with E-state index in [0.29, 0.717) is 19.3 Å². The van der Waals surface area contributed by atoms with Crippen molar-refractivity contribution in [3.63, 3.8) is 0 Å². The summed E-state index contributed by atoms with van der Waals surface area (Å²) in [5.74, 6) is -0.619. The van der Waals surface area contributed by atoms with E-state index in [2.05, 4.69) is 86.8 Å². The fraction of sp³-hybridized carbons (Fsp3) is 0.781. The van der Waals surface area contributed by atoms with Crippen molar-refractivity contribution in [1.29, 1.82) is 0 Å².